The highest BCUT2D eigenvalue weighted by Gasteiger charge is 2.44. The molecule has 0 bridgehead atoms. The number of ether oxygens (including phenoxy) is 4. The zero-order valence-corrected chi connectivity index (χ0v) is 35.4. The van der Waals surface area contributed by atoms with Crippen molar-refractivity contribution >= 4 is 11.9 Å². The molecule has 1 saturated heterocycles. The summed E-state index contributed by atoms with van der Waals surface area (Å²) < 4.78 is 22.1. The molecule has 0 radical (unpaired) electrons. The number of allylic oxidation sites excluding steroid dienone is 6. The molecule has 4 N–H and O–H groups in total. The van der Waals surface area contributed by atoms with Crippen LogP contribution in [0.15, 0.2) is 36.5 Å². The van der Waals surface area contributed by atoms with Gasteiger partial charge in [0.15, 0.2) is 12.4 Å². The lowest BCUT2D eigenvalue weighted by Crippen LogP contribution is -2.59. The first-order valence-corrected chi connectivity index (χ1v) is 22.6. The maximum absolute atomic E-state index is 12.7. The lowest BCUT2D eigenvalue weighted by Gasteiger charge is -2.39. The van der Waals surface area contributed by atoms with Crippen molar-refractivity contribution in [2.24, 2.45) is 0 Å². The number of rotatable bonds is 37. The Labute approximate surface area is 340 Å². The zero-order chi connectivity index (χ0) is 40.9. The van der Waals surface area contributed by atoms with Gasteiger partial charge in [0.05, 0.1) is 13.2 Å². The van der Waals surface area contributed by atoms with Gasteiger partial charge in [-0.2, -0.15) is 0 Å². The van der Waals surface area contributed by atoms with Gasteiger partial charge in [-0.3, -0.25) is 9.59 Å². The van der Waals surface area contributed by atoms with Gasteiger partial charge in [-0.05, 0) is 64.2 Å². The summed E-state index contributed by atoms with van der Waals surface area (Å²) in [5, 5.41) is 40.0. The molecular formula is C46H82O10. The fourth-order valence-electron chi connectivity index (χ4n) is 6.61. The van der Waals surface area contributed by atoms with Crippen molar-refractivity contribution in [1.82, 2.24) is 0 Å². The Morgan fingerprint density at radius 1 is 0.554 bits per heavy atom. The van der Waals surface area contributed by atoms with Crippen LogP contribution in [0.1, 0.15) is 187 Å². The monoisotopic (exact) mass is 795 g/mol. The summed E-state index contributed by atoms with van der Waals surface area (Å²) in [6.07, 6.45) is 34.3. The molecule has 0 aromatic rings. The summed E-state index contributed by atoms with van der Waals surface area (Å²) in [6, 6.07) is 0. The fourth-order valence-corrected chi connectivity index (χ4v) is 6.61. The molecule has 6 atom stereocenters. The molecule has 0 spiro atoms. The van der Waals surface area contributed by atoms with Gasteiger partial charge in [0.1, 0.15) is 31.0 Å². The Morgan fingerprint density at radius 3 is 1.55 bits per heavy atom. The number of hydrogen-bond acceptors (Lipinski definition) is 10. The third kappa shape index (κ3) is 28.3. The van der Waals surface area contributed by atoms with Crippen LogP contribution in [0.4, 0.5) is 0 Å². The van der Waals surface area contributed by atoms with E-state index in [1.807, 2.05) is 0 Å². The van der Waals surface area contributed by atoms with E-state index in [-0.39, 0.29) is 32.0 Å². The van der Waals surface area contributed by atoms with Crippen LogP contribution in [0.25, 0.3) is 0 Å². The second-order valence-electron chi connectivity index (χ2n) is 15.5. The molecule has 1 rings (SSSR count). The SMILES string of the molecule is CCCC/C=C/C/C=C/CCCCCCCC(=O)O[C@@H](COC(=O)CCCCCCCCC/C=C/CCCCCCCC)CO[C@H]1O[C@@H](CO)[C@@H](O)C(O)C1O. The summed E-state index contributed by atoms with van der Waals surface area (Å²) in [5.74, 6) is -0.826. The predicted molar refractivity (Wildman–Crippen MR) is 224 cm³/mol. The van der Waals surface area contributed by atoms with E-state index in [1.165, 1.54) is 77.0 Å². The van der Waals surface area contributed by atoms with Crippen molar-refractivity contribution in [3.05, 3.63) is 36.5 Å². The van der Waals surface area contributed by atoms with Gasteiger partial charge in [0.25, 0.3) is 0 Å². The van der Waals surface area contributed by atoms with Gasteiger partial charge in [-0.1, -0.05) is 147 Å². The van der Waals surface area contributed by atoms with Crippen molar-refractivity contribution in [2.45, 2.75) is 224 Å². The lowest BCUT2D eigenvalue weighted by molar-refractivity contribution is -0.305. The minimum atomic E-state index is -1.60. The number of carbonyl (C=O) groups excluding carboxylic acids is 2. The largest absolute Gasteiger partial charge is 0.462 e. The normalized spacial score (nSPS) is 20.7. The standard InChI is InChI=1S/C46H82O10/c1-3-5-7-9-11-13-15-17-19-20-21-23-24-26-28-30-32-34-41(48)53-37-39(38-54-46-45(52)44(51)43(50)40(36-47)56-46)55-42(49)35-33-31-29-27-25-22-18-16-14-12-10-8-6-4-2/h10,12,16-19,39-40,43-47,50-52H,3-9,11,13-15,20-38H2,1-2H3/b12-10+,18-16+,19-17+/t39-,40-,43+,44?,45?,46-/m0/s1. The first kappa shape index (κ1) is 51.9. The lowest BCUT2D eigenvalue weighted by atomic mass is 9.99. The van der Waals surface area contributed by atoms with Crippen LogP contribution < -0.4 is 0 Å². The molecule has 0 amide bonds. The number of esters is 2. The third-order valence-corrected chi connectivity index (χ3v) is 10.2. The number of aliphatic hydroxyl groups is 4. The summed E-state index contributed by atoms with van der Waals surface area (Å²) in [5.41, 5.74) is 0. The van der Waals surface area contributed by atoms with Crippen molar-refractivity contribution in [3.63, 3.8) is 0 Å². The van der Waals surface area contributed by atoms with Crippen LogP contribution in [0.5, 0.6) is 0 Å². The molecule has 10 heteroatoms. The molecule has 326 valence electrons. The molecule has 56 heavy (non-hydrogen) atoms. The first-order chi connectivity index (χ1) is 27.3. The summed E-state index contributed by atoms with van der Waals surface area (Å²) in [4.78, 5) is 25.3. The van der Waals surface area contributed by atoms with Crippen molar-refractivity contribution in [1.29, 1.82) is 0 Å². The minimum absolute atomic E-state index is 0.213. The predicted octanol–water partition coefficient (Wildman–Crippen LogP) is 9.50. The van der Waals surface area contributed by atoms with E-state index < -0.39 is 49.4 Å². The van der Waals surface area contributed by atoms with Crippen LogP contribution in [-0.2, 0) is 28.5 Å². The highest BCUT2D eigenvalue weighted by atomic mass is 16.7. The second-order valence-corrected chi connectivity index (χ2v) is 15.5. The van der Waals surface area contributed by atoms with E-state index in [0.717, 1.165) is 77.0 Å². The average Bonchev–Trinajstić information content (AvgIpc) is 3.19. The van der Waals surface area contributed by atoms with E-state index in [4.69, 9.17) is 18.9 Å². The quantitative estimate of drug-likeness (QED) is 0.0272. The Morgan fingerprint density at radius 2 is 1.02 bits per heavy atom. The third-order valence-electron chi connectivity index (χ3n) is 10.2. The highest BCUT2D eigenvalue weighted by molar-refractivity contribution is 5.70. The Kier molecular flexibility index (Phi) is 34.5. The molecular weight excluding hydrogens is 712 g/mol. The number of unbranched alkanes of at least 4 members (excludes halogenated alkanes) is 20. The first-order valence-electron chi connectivity index (χ1n) is 22.6. The maximum Gasteiger partial charge on any atom is 0.306 e. The van der Waals surface area contributed by atoms with Gasteiger partial charge in [0, 0.05) is 12.8 Å². The molecule has 1 aliphatic heterocycles. The number of aliphatic hydroxyl groups excluding tert-OH is 4. The van der Waals surface area contributed by atoms with Crippen LogP contribution in [0.3, 0.4) is 0 Å². The van der Waals surface area contributed by atoms with Gasteiger partial charge in [-0.15, -0.1) is 0 Å². The summed E-state index contributed by atoms with van der Waals surface area (Å²) in [6.45, 7) is 3.36. The Bertz CT molecular complexity index is 1010. The van der Waals surface area contributed by atoms with Crippen molar-refractivity contribution in [3.8, 4) is 0 Å². The van der Waals surface area contributed by atoms with Crippen LogP contribution in [0.2, 0.25) is 0 Å². The zero-order valence-electron chi connectivity index (χ0n) is 35.4. The number of carbonyl (C=O) groups is 2. The Hall–Kier alpha value is -2.08. The molecule has 0 aromatic carbocycles. The van der Waals surface area contributed by atoms with E-state index in [0.29, 0.717) is 6.42 Å². The molecule has 2 unspecified atom stereocenters. The highest BCUT2D eigenvalue weighted by Crippen LogP contribution is 2.22. The number of hydrogen-bond donors (Lipinski definition) is 4. The maximum atomic E-state index is 12.7. The van der Waals surface area contributed by atoms with Gasteiger partial charge >= 0.3 is 11.9 Å². The van der Waals surface area contributed by atoms with Gasteiger partial charge < -0.3 is 39.4 Å². The fraction of sp³-hybridized carbons (Fsp3) is 0.826. The van der Waals surface area contributed by atoms with Crippen LogP contribution in [-0.4, -0.2) is 89.0 Å². The van der Waals surface area contributed by atoms with E-state index in [9.17, 15) is 30.0 Å². The molecule has 1 aliphatic rings. The van der Waals surface area contributed by atoms with Crippen molar-refractivity contribution in [2.75, 3.05) is 19.8 Å². The molecule has 1 heterocycles. The van der Waals surface area contributed by atoms with E-state index >= 15 is 0 Å². The molecule has 0 aliphatic carbocycles. The average molecular weight is 795 g/mol. The summed E-state index contributed by atoms with van der Waals surface area (Å²) in [7, 11) is 0. The minimum Gasteiger partial charge on any atom is -0.462 e. The Balaban J connectivity index is 2.33. The van der Waals surface area contributed by atoms with E-state index in [2.05, 4.69) is 50.3 Å². The van der Waals surface area contributed by atoms with Gasteiger partial charge in [0.2, 0.25) is 0 Å². The van der Waals surface area contributed by atoms with Crippen LogP contribution in [0, 0.1) is 0 Å². The molecule has 0 aromatic heterocycles. The van der Waals surface area contributed by atoms with Crippen molar-refractivity contribution < 1.29 is 49.0 Å². The topological polar surface area (TPSA) is 152 Å². The smallest absolute Gasteiger partial charge is 0.306 e. The van der Waals surface area contributed by atoms with E-state index in [1.54, 1.807) is 0 Å². The second kappa shape index (κ2) is 37.2. The van der Waals surface area contributed by atoms with Gasteiger partial charge in [-0.25, -0.2) is 0 Å². The summed E-state index contributed by atoms with van der Waals surface area (Å²) >= 11 is 0. The molecule has 10 nitrogen and oxygen atoms in total. The van der Waals surface area contributed by atoms with Crippen LogP contribution >= 0.6 is 0 Å². The molecule has 1 fully saturated rings. The molecule has 0 saturated carbocycles.